The molecule has 0 rings (SSSR count). The fourth-order valence-electron chi connectivity index (χ4n) is 2.05. The van der Waals surface area contributed by atoms with Crippen LogP contribution < -0.4 is 21.7 Å². The maximum atomic E-state index is 12.3. The van der Waals surface area contributed by atoms with Gasteiger partial charge in [0.25, 0.3) is 0 Å². The van der Waals surface area contributed by atoms with Crippen LogP contribution in [0, 0.1) is 5.92 Å². The number of rotatable bonds is 10. The molecule has 0 aromatic rings. The number of carbonyl (C=O) groups excluding carboxylic acids is 3. The van der Waals surface area contributed by atoms with Crippen molar-refractivity contribution in [3.05, 3.63) is 0 Å². The largest absolute Gasteiger partial charge is 0.480 e. The molecule has 5 unspecified atom stereocenters. The zero-order valence-electron chi connectivity index (χ0n) is 15.8. The zero-order chi connectivity index (χ0) is 20.6. The zero-order valence-corrected chi connectivity index (χ0v) is 15.8. The number of carboxylic acids is 1. The van der Waals surface area contributed by atoms with Crippen molar-refractivity contribution in [2.75, 3.05) is 0 Å². The van der Waals surface area contributed by atoms with Crippen molar-refractivity contribution in [3.8, 4) is 0 Å². The Bertz CT molecular complexity index is 523. The van der Waals surface area contributed by atoms with Crippen LogP contribution in [0.25, 0.3) is 0 Å². The highest BCUT2D eigenvalue weighted by molar-refractivity contribution is 5.94. The van der Waals surface area contributed by atoms with Gasteiger partial charge in [0.1, 0.15) is 18.1 Å². The molecule has 3 amide bonds. The lowest BCUT2D eigenvalue weighted by molar-refractivity contribution is -0.141. The Kier molecular flexibility index (Phi) is 9.81. The fourth-order valence-corrected chi connectivity index (χ4v) is 2.05. The molecule has 0 aliphatic heterocycles. The molecule has 0 fully saturated rings. The van der Waals surface area contributed by atoms with Gasteiger partial charge in [-0.2, -0.15) is 0 Å². The van der Waals surface area contributed by atoms with E-state index in [-0.39, 0.29) is 5.92 Å². The molecule has 0 bridgehead atoms. The Morgan fingerprint density at radius 3 is 1.77 bits per heavy atom. The summed E-state index contributed by atoms with van der Waals surface area (Å²) in [5.41, 5.74) is 5.75. The standard InChI is InChI=1S/C16H30N4O6/c1-7(2)6-11(17)14(23)20-12(10(5)21)15(24)18-8(3)13(22)19-9(4)16(25)26/h7-12,21H,6,17H2,1-5H3,(H,18,24)(H,19,22)(H,20,23)(H,25,26). The molecule has 0 aromatic heterocycles. The average molecular weight is 374 g/mol. The van der Waals surface area contributed by atoms with Gasteiger partial charge in [0, 0.05) is 0 Å². The van der Waals surface area contributed by atoms with Crippen molar-refractivity contribution in [3.63, 3.8) is 0 Å². The van der Waals surface area contributed by atoms with Crippen LogP contribution in [0.4, 0.5) is 0 Å². The summed E-state index contributed by atoms with van der Waals surface area (Å²) in [6.07, 6.45) is -0.815. The van der Waals surface area contributed by atoms with Gasteiger partial charge in [0.2, 0.25) is 17.7 Å². The normalized spacial score (nSPS) is 16.8. The average Bonchev–Trinajstić information content (AvgIpc) is 2.50. The highest BCUT2D eigenvalue weighted by Crippen LogP contribution is 2.04. The second-order valence-electron chi connectivity index (χ2n) is 6.76. The number of nitrogens with one attached hydrogen (secondary N) is 3. The van der Waals surface area contributed by atoms with Gasteiger partial charge in [-0.25, -0.2) is 0 Å². The molecule has 0 spiro atoms. The quantitative estimate of drug-likeness (QED) is 0.265. The van der Waals surface area contributed by atoms with Crippen LogP contribution in [0.15, 0.2) is 0 Å². The lowest BCUT2D eigenvalue weighted by Crippen LogP contribution is -2.59. The molecule has 0 aliphatic carbocycles. The van der Waals surface area contributed by atoms with Crippen LogP contribution in [0.1, 0.15) is 41.0 Å². The number of amides is 3. The Morgan fingerprint density at radius 2 is 1.35 bits per heavy atom. The van der Waals surface area contributed by atoms with Gasteiger partial charge < -0.3 is 31.9 Å². The van der Waals surface area contributed by atoms with Gasteiger partial charge in [-0.3, -0.25) is 19.2 Å². The monoisotopic (exact) mass is 374 g/mol. The van der Waals surface area contributed by atoms with E-state index in [0.29, 0.717) is 6.42 Å². The second kappa shape index (κ2) is 10.7. The van der Waals surface area contributed by atoms with Crippen molar-refractivity contribution in [2.45, 2.75) is 71.3 Å². The van der Waals surface area contributed by atoms with Crippen LogP contribution in [0.3, 0.4) is 0 Å². The first-order chi connectivity index (χ1) is 11.9. The maximum Gasteiger partial charge on any atom is 0.325 e. The molecule has 0 radical (unpaired) electrons. The van der Waals surface area contributed by atoms with Gasteiger partial charge in [-0.15, -0.1) is 0 Å². The lowest BCUT2D eigenvalue weighted by Gasteiger charge is -2.25. The summed E-state index contributed by atoms with van der Waals surface area (Å²) in [6.45, 7) is 7.74. The molecular weight excluding hydrogens is 344 g/mol. The van der Waals surface area contributed by atoms with Crippen LogP contribution in [0.2, 0.25) is 0 Å². The van der Waals surface area contributed by atoms with Crippen LogP contribution in [0.5, 0.6) is 0 Å². The lowest BCUT2D eigenvalue weighted by atomic mass is 10.0. The number of hydrogen-bond donors (Lipinski definition) is 6. The Balaban J connectivity index is 4.85. The molecular formula is C16H30N4O6. The fraction of sp³-hybridized carbons (Fsp3) is 0.750. The van der Waals surface area contributed by atoms with E-state index in [1.807, 2.05) is 13.8 Å². The molecule has 0 aliphatic rings. The molecule has 0 saturated heterocycles. The number of nitrogens with two attached hydrogens (primary N) is 1. The third-order valence-electron chi connectivity index (χ3n) is 3.61. The molecule has 26 heavy (non-hydrogen) atoms. The molecule has 0 aromatic carbocycles. The third kappa shape index (κ3) is 8.26. The molecule has 0 heterocycles. The predicted molar refractivity (Wildman–Crippen MR) is 93.9 cm³/mol. The summed E-state index contributed by atoms with van der Waals surface area (Å²) < 4.78 is 0. The molecule has 10 nitrogen and oxygen atoms in total. The predicted octanol–water partition coefficient (Wildman–Crippen LogP) is -1.68. The summed E-state index contributed by atoms with van der Waals surface area (Å²) in [5, 5.41) is 25.5. The molecule has 10 heteroatoms. The smallest absolute Gasteiger partial charge is 0.325 e. The van der Waals surface area contributed by atoms with Crippen LogP contribution in [-0.2, 0) is 19.2 Å². The van der Waals surface area contributed by atoms with E-state index in [9.17, 15) is 24.3 Å². The highest BCUT2D eigenvalue weighted by atomic mass is 16.4. The molecule has 150 valence electrons. The van der Waals surface area contributed by atoms with Crippen molar-refractivity contribution < 1.29 is 29.4 Å². The Labute approximate surface area is 152 Å². The highest BCUT2D eigenvalue weighted by Gasteiger charge is 2.30. The maximum absolute atomic E-state index is 12.3. The first kappa shape index (κ1) is 23.8. The van der Waals surface area contributed by atoms with E-state index in [2.05, 4.69) is 16.0 Å². The minimum absolute atomic E-state index is 0.175. The van der Waals surface area contributed by atoms with Crippen LogP contribution >= 0.6 is 0 Å². The first-order valence-electron chi connectivity index (χ1n) is 8.44. The SMILES string of the molecule is CC(C)CC(N)C(=O)NC(C(=O)NC(C)C(=O)NC(C)C(=O)O)C(C)O. The van der Waals surface area contributed by atoms with E-state index in [0.717, 1.165) is 0 Å². The number of carbonyl (C=O) groups is 4. The summed E-state index contributed by atoms with van der Waals surface area (Å²) in [4.78, 5) is 47.0. The number of aliphatic hydroxyl groups is 1. The minimum atomic E-state index is -1.30. The summed E-state index contributed by atoms with van der Waals surface area (Å²) in [5.74, 6) is -3.12. The first-order valence-corrected chi connectivity index (χ1v) is 8.44. The number of aliphatic hydroxyl groups excluding tert-OH is 1. The van der Waals surface area contributed by atoms with Crippen molar-refractivity contribution in [1.29, 1.82) is 0 Å². The topological polar surface area (TPSA) is 171 Å². The van der Waals surface area contributed by atoms with E-state index in [1.54, 1.807) is 0 Å². The van der Waals surface area contributed by atoms with Gasteiger partial charge in [-0.05, 0) is 33.1 Å². The third-order valence-corrected chi connectivity index (χ3v) is 3.61. The van der Waals surface area contributed by atoms with Gasteiger partial charge in [-0.1, -0.05) is 13.8 Å². The van der Waals surface area contributed by atoms with Crippen molar-refractivity contribution in [1.82, 2.24) is 16.0 Å². The van der Waals surface area contributed by atoms with Crippen molar-refractivity contribution in [2.24, 2.45) is 11.7 Å². The van der Waals surface area contributed by atoms with E-state index >= 15 is 0 Å². The van der Waals surface area contributed by atoms with Gasteiger partial charge in [0.15, 0.2) is 0 Å². The number of aliphatic carboxylic acids is 1. The van der Waals surface area contributed by atoms with Gasteiger partial charge in [0.05, 0.1) is 12.1 Å². The van der Waals surface area contributed by atoms with E-state index in [1.165, 1.54) is 20.8 Å². The number of hydrogen-bond acceptors (Lipinski definition) is 6. The minimum Gasteiger partial charge on any atom is -0.480 e. The summed E-state index contributed by atoms with van der Waals surface area (Å²) >= 11 is 0. The van der Waals surface area contributed by atoms with Gasteiger partial charge >= 0.3 is 5.97 Å². The van der Waals surface area contributed by atoms with Crippen molar-refractivity contribution >= 4 is 23.7 Å². The summed E-state index contributed by atoms with van der Waals surface area (Å²) in [7, 11) is 0. The number of carboxylic acid groups (broad SMARTS) is 1. The summed E-state index contributed by atoms with van der Waals surface area (Å²) in [6, 6.07) is -4.32. The van der Waals surface area contributed by atoms with E-state index in [4.69, 9.17) is 10.8 Å². The Morgan fingerprint density at radius 1 is 0.846 bits per heavy atom. The van der Waals surface area contributed by atoms with E-state index < -0.39 is 54.0 Å². The van der Waals surface area contributed by atoms with Crippen LogP contribution in [-0.4, -0.2) is 64.2 Å². The molecule has 7 N–H and O–H groups in total. The molecule has 5 atom stereocenters. The second-order valence-corrected chi connectivity index (χ2v) is 6.76. The Hall–Kier alpha value is -2.20. The molecule has 0 saturated carbocycles.